The fourth-order valence-electron chi connectivity index (χ4n) is 4.05. The van der Waals surface area contributed by atoms with Gasteiger partial charge < -0.3 is 16.0 Å². The van der Waals surface area contributed by atoms with Crippen LogP contribution in [0, 0.1) is 0 Å². The normalized spacial score (nSPS) is 24.3. The van der Waals surface area contributed by atoms with E-state index in [0.29, 0.717) is 18.0 Å². The molecule has 6 heteroatoms. The van der Waals surface area contributed by atoms with Crippen molar-refractivity contribution >= 4 is 33.3 Å². The maximum Gasteiger partial charge on any atom is 0.223 e. The lowest BCUT2D eigenvalue weighted by atomic mass is 9.90. The lowest BCUT2D eigenvalue weighted by Gasteiger charge is -2.33. The van der Waals surface area contributed by atoms with Crippen LogP contribution in [0.5, 0.6) is 0 Å². The van der Waals surface area contributed by atoms with E-state index in [-0.39, 0.29) is 0 Å². The SMILES string of the molecule is CN(C)C1CCC(Nc2nc(N)nc3sc4c(c23)CCC4)CC1. The van der Waals surface area contributed by atoms with Crippen molar-refractivity contribution in [2.45, 2.75) is 57.0 Å². The predicted octanol–water partition coefficient (Wildman–Crippen LogP) is 3.05. The zero-order chi connectivity index (χ0) is 16.0. The topological polar surface area (TPSA) is 67.1 Å². The number of aryl methyl sites for hydroxylation is 2. The number of nitrogens with one attached hydrogen (secondary N) is 1. The Morgan fingerprint density at radius 1 is 1.13 bits per heavy atom. The number of nitrogen functional groups attached to an aromatic ring is 1. The number of anilines is 2. The van der Waals surface area contributed by atoms with Crippen LogP contribution in [0.1, 0.15) is 42.5 Å². The van der Waals surface area contributed by atoms with Crippen molar-refractivity contribution in [1.29, 1.82) is 0 Å². The van der Waals surface area contributed by atoms with E-state index in [1.165, 1.54) is 54.4 Å². The molecule has 124 valence electrons. The van der Waals surface area contributed by atoms with E-state index in [1.54, 1.807) is 11.3 Å². The molecule has 0 saturated heterocycles. The number of aromatic nitrogens is 2. The van der Waals surface area contributed by atoms with E-state index >= 15 is 0 Å². The molecule has 0 unspecified atom stereocenters. The Morgan fingerprint density at radius 3 is 2.65 bits per heavy atom. The van der Waals surface area contributed by atoms with Gasteiger partial charge in [0, 0.05) is 17.0 Å². The molecule has 2 aromatic heterocycles. The Morgan fingerprint density at radius 2 is 1.91 bits per heavy atom. The maximum absolute atomic E-state index is 5.95. The van der Waals surface area contributed by atoms with Crippen molar-refractivity contribution in [3.8, 4) is 0 Å². The fourth-order valence-corrected chi connectivity index (χ4v) is 5.31. The lowest BCUT2D eigenvalue weighted by molar-refractivity contribution is 0.221. The van der Waals surface area contributed by atoms with Gasteiger partial charge in [0.1, 0.15) is 10.6 Å². The van der Waals surface area contributed by atoms with Crippen molar-refractivity contribution in [2.24, 2.45) is 0 Å². The molecule has 1 saturated carbocycles. The Balaban J connectivity index is 1.59. The molecule has 0 spiro atoms. The second kappa shape index (κ2) is 5.91. The zero-order valence-corrected chi connectivity index (χ0v) is 14.7. The molecule has 0 radical (unpaired) electrons. The van der Waals surface area contributed by atoms with E-state index in [0.717, 1.165) is 17.1 Å². The molecule has 0 amide bonds. The number of thiophene rings is 1. The summed E-state index contributed by atoms with van der Waals surface area (Å²) in [5.41, 5.74) is 7.42. The summed E-state index contributed by atoms with van der Waals surface area (Å²) in [5.74, 6) is 1.36. The van der Waals surface area contributed by atoms with Gasteiger partial charge in [-0.3, -0.25) is 0 Å². The Hall–Kier alpha value is -1.40. The number of nitrogens with zero attached hydrogens (tertiary/aromatic N) is 3. The zero-order valence-electron chi connectivity index (χ0n) is 13.9. The average molecular weight is 331 g/mol. The van der Waals surface area contributed by atoms with Gasteiger partial charge in [-0.1, -0.05) is 0 Å². The number of hydrogen-bond donors (Lipinski definition) is 2. The first-order chi connectivity index (χ1) is 11.1. The summed E-state index contributed by atoms with van der Waals surface area (Å²) in [6.45, 7) is 0. The molecule has 23 heavy (non-hydrogen) atoms. The molecule has 3 N–H and O–H groups in total. The molecule has 2 aliphatic rings. The van der Waals surface area contributed by atoms with Crippen molar-refractivity contribution in [3.63, 3.8) is 0 Å². The molecule has 2 heterocycles. The van der Waals surface area contributed by atoms with Crippen molar-refractivity contribution in [2.75, 3.05) is 25.1 Å². The van der Waals surface area contributed by atoms with Crippen LogP contribution in [-0.4, -0.2) is 41.0 Å². The van der Waals surface area contributed by atoms with E-state index in [4.69, 9.17) is 5.73 Å². The first-order valence-corrected chi connectivity index (χ1v) is 9.44. The van der Waals surface area contributed by atoms with E-state index in [9.17, 15) is 0 Å². The van der Waals surface area contributed by atoms with Gasteiger partial charge in [0.2, 0.25) is 5.95 Å². The molecule has 4 rings (SSSR count). The van der Waals surface area contributed by atoms with E-state index < -0.39 is 0 Å². The van der Waals surface area contributed by atoms with Gasteiger partial charge in [-0.15, -0.1) is 11.3 Å². The van der Waals surface area contributed by atoms with Crippen LogP contribution in [-0.2, 0) is 12.8 Å². The molecule has 0 atom stereocenters. The maximum atomic E-state index is 5.95. The molecule has 5 nitrogen and oxygen atoms in total. The van der Waals surface area contributed by atoms with Crippen molar-refractivity contribution < 1.29 is 0 Å². The molecule has 1 fully saturated rings. The number of nitrogens with two attached hydrogens (primary N) is 1. The molecule has 0 aromatic carbocycles. The van der Waals surface area contributed by atoms with Crippen LogP contribution >= 0.6 is 11.3 Å². The van der Waals surface area contributed by atoms with Gasteiger partial charge in [-0.05, 0) is 64.6 Å². The standard InChI is InChI=1S/C17H25N5S/c1-22(2)11-8-6-10(7-9-11)19-15-14-12-4-3-5-13(12)23-16(14)21-17(18)20-15/h10-11H,3-9H2,1-2H3,(H3,18,19,20,21). The smallest absolute Gasteiger partial charge is 0.223 e. The minimum absolute atomic E-state index is 0.391. The van der Waals surface area contributed by atoms with Gasteiger partial charge >= 0.3 is 0 Å². The predicted molar refractivity (Wildman–Crippen MR) is 97.2 cm³/mol. The third kappa shape index (κ3) is 2.78. The second-order valence-electron chi connectivity index (χ2n) is 7.08. The minimum Gasteiger partial charge on any atom is -0.368 e. The highest BCUT2D eigenvalue weighted by molar-refractivity contribution is 7.19. The summed E-state index contributed by atoms with van der Waals surface area (Å²) in [5, 5.41) is 4.94. The van der Waals surface area contributed by atoms with Crippen LogP contribution in [0.4, 0.5) is 11.8 Å². The van der Waals surface area contributed by atoms with Crippen LogP contribution in [0.3, 0.4) is 0 Å². The van der Waals surface area contributed by atoms with Crippen molar-refractivity contribution in [1.82, 2.24) is 14.9 Å². The molecule has 0 aliphatic heterocycles. The third-order valence-electron chi connectivity index (χ3n) is 5.35. The van der Waals surface area contributed by atoms with Crippen LogP contribution < -0.4 is 11.1 Å². The van der Waals surface area contributed by atoms with E-state index in [1.807, 2.05) is 0 Å². The van der Waals surface area contributed by atoms with Gasteiger partial charge in [-0.25, -0.2) is 4.98 Å². The lowest BCUT2D eigenvalue weighted by Crippen LogP contribution is -2.36. The molecule has 2 aliphatic carbocycles. The van der Waals surface area contributed by atoms with Gasteiger partial charge in [-0.2, -0.15) is 4.98 Å². The highest BCUT2D eigenvalue weighted by atomic mass is 32.1. The third-order valence-corrected chi connectivity index (χ3v) is 6.54. The highest BCUT2D eigenvalue weighted by Crippen LogP contribution is 2.40. The summed E-state index contributed by atoms with van der Waals surface area (Å²) in [6, 6.07) is 1.22. The average Bonchev–Trinajstić information content (AvgIpc) is 3.07. The molecular weight excluding hydrogens is 306 g/mol. The van der Waals surface area contributed by atoms with Gasteiger partial charge in [0.25, 0.3) is 0 Å². The first-order valence-electron chi connectivity index (χ1n) is 8.62. The molecular formula is C17H25N5S. The van der Waals surface area contributed by atoms with Gasteiger partial charge in [0.15, 0.2) is 0 Å². The van der Waals surface area contributed by atoms with Crippen LogP contribution in [0.15, 0.2) is 0 Å². The summed E-state index contributed by atoms with van der Waals surface area (Å²) >= 11 is 1.80. The Kier molecular flexibility index (Phi) is 3.89. The van der Waals surface area contributed by atoms with Gasteiger partial charge in [0.05, 0.1) is 5.39 Å². The number of rotatable bonds is 3. The summed E-state index contributed by atoms with van der Waals surface area (Å²) in [4.78, 5) is 13.9. The number of fused-ring (bicyclic) bond motifs is 3. The van der Waals surface area contributed by atoms with Crippen LogP contribution in [0.25, 0.3) is 10.2 Å². The minimum atomic E-state index is 0.391. The largest absolute Gasteiger partial charge is 0.368 e. The van der Waals surface area contributed by atoms with E-state index in [2.05, 4.69) is 34.3 Å². The fraction of sp³-hybridized carbons (Fsp3) is 0.647. The number of hydrogen-bond acceptors (Lipinski definition) is 6. The quantitative estimate of drug-likeness (QED) is 0.905. The Bertz CT molecular complexity index is 715. The monoisotopic (exact) mass is 331 g/mol. The summed E-state index contributed by atoms with van der Waals surface area (Å²) < 4.78 is 0. The Labute approximate surface area is 141 Å². The molecule has 2 aromatic rings. The first kappa shape index (κ1) is 15.1. The summed E-state index contributed by atoms with van der Waals surface area (Å²) in [6.07, 6.45) is 8.48. The second-order valence-corrected chi connectivity index (χ2v) is 8.16. The van der Waals surface area contributed by atoms with Crippen molar-refractivity contribution in [3.05, 3.63) is 10.4 Å². The highest BCUT2D eigenvalue weighted by Gasteiger charge is 2.26. The van der Waals surface area contributed by atoms with Crippen LogP contribution in [0.2, 0.25) is 0 Å². The summed E-state index contributed by atoms with van der Waals surface area (Å²) in [7, 11) is 4.36. The molecule has 0 bridgehead atoms.